The summed E-state index contributed by atoms with van der Waals surface area (Å²) in [6, 6.07) is 0. The van der Waals surface area contributed by atoms with Crippen molar-refractivity contribution >= 4 is 51.2 Å². The zero-order valence-corrected chi connectivity index (χ0v) is 9.78. The predicted molar refractivity (Wildman–Crippen MR) is 53.0 cm³/mol. The maximum atomic E-state index is 10.5. The Bertz CT molecular complexity index is 308. The summed E-state index contributed by atoms with van der Waals surface area (Å²) < 4.78 is 2.62. The summed E-state index contributed by atoms with van der Waals surface area (Å²) in [6.45, 7) is 0. The lowest BCUT2D eigenvalue weighted by molar-refractivity contribution is -0.255. The van der Waals surface area contributed by atoms with Gasteiger partial charge in [0.05, 0.1) is 15.2 Å². The first-order chi connectivity index (χ1) is 5.04. The summed E-state index contributed by atoms with van der Waals surface area (Å²) in [6.07, 6.45) is 0. The highest BCUT2D eigenvalue weighted by Crippen LogP contribution is 2.16. The number of hydrogen-bond acceptors (Lipinski definition) is 3. The van der Waals surface area contributed by atoms with Gasteiger partial charge in [0, 0.05) is 7.05 Å². The van der Waals surface area contributed by atoms with E-state index in [1.807, 2.05) is 45.2 Å². The molecule has 0 atom stereocenters. The van der Waals surface area contributed by atoms with Crippen molar-refractivity contribution in [1.82, 2.24) is 9.78 Å². The zero-order chi connectivity index (χ0) is 8.59. The van der Waals surface area contributed by atoms with Crippen molar-refractivity contribution in [2.75, 3.05) is 0 Å². The fraction of sp³-hybridized carbons (Fsp3) is 0.200. The van der Waals surface area contributed by atoms with Gasteiger partial charge in [0.25, 0.3) is 0 Å². The smallest absolute Gasteiger partial charge is 0.137 e. The Hall–Kier alpha value is 0.140. The van der Waals surface area contributed by atoms with E-state index in [4.69, 9.17) is 0 Å². The minimum absolute atomic E-state index is 0.134. The number of rotatable bonds is 1. The molecular weight excluding hydrogens is 374 g/mol. The van der Waals surface area contributed by atoms with Gasteiger partial charge in [-0.1, -0.05) is 0 Å². The Morgan fingerprint density at radius 2 is 2.18 bits per heavy atom. The molecule has 4 nitrogen and oxygen atoms in total. The SMILES string of the molecule is Cn1nc(I)c(I)c1C(=O)[O-]. The normalized spacial score (nSPS) is 10.1. The Kier molecular flexibility index (Phi) is 2.73. The van der Waals surface area contributed by atoms with E-state index in [1.54, 1.807) is 7.05 Å². The quantitative estimate of drug-likeness (QED) is 0.648. The summed E-state index contributed by atoms with van der Waals surface area (Å²) in [5, 5.41) is 14.4. The van der Waals surface area contributed by atoms with Crippen molar-refractivity contribution < 1.29 is 9.90 Å². The van der Waals surface area contributed by atoms with E-state index >= 15 is 0 Å². The van der Waals surface area contributed by atoms with Crippen molar-refractivity contribution in [3.05, 3.63) is 13.0 Å². The van der Waals surface area contributed by atoms with E-state index in [1.165, 1.54) is 4.68 Å². The van der Waals surface area contributed by atoms with Gasteiger partial charge in [0.2, 0.25) is 0 Å². The molecule has 0 aromatic carbocycles. The molecule has 0 radical (unpaired) electrons. The Labute approximate surface area is 90.2 Å². The van der Waals surface area contributed by atoms with Crippen LogP contribution in [0.2, 0.25) is 0 Å². The number of aromatic carboxylic acids is 1. The Morgan fingerprint density at radius 3 is 2.36 bits per heavy atom. The molecule has 0 amide bonds. The molecule has 0 aliphatic heterocycles. The van der Waals surface area contributed by atoms with Crippen molar-refractivity contribution in [3.8, 4) is 0 Å². The molecule has 1 heterocycles. The molecule has 0 N–H and O–H groups in total. The van der Waals surface area contributed by atoms with E-state index in [-0.39, 0.29) is 5.69 Å². The van der Waals surface area contributed by atoms with E-state index < -0.39 is 5.97 Å². The first-order valence-electron chi connectivity index (χ1n) is 2.63. The van der Waals surface area contributed by atoms with Crippen molar-refractivity contribution in [3.63, 3.8) is 0 Å². The number of nitrogens with zero attached hydrogens (tertiary/aromatic N) is 2. The lowest BCUT2D eigenvalue weighted by atomic mass is 10.4. The molecule has 0 spiro atoms. The fourth-order valence-corrected chi connectivity index (χ4v) is 1.94. The summed E-state index contributed by atoms with van der Waals surface area (Å²) in [7, 11) is 1.58. The third-order valence-corrected chi connectivity index (χ3v) is 3.95. The van der Waals surface area contributed by atoms with E-state index in [0.717, 1.165) is 0 Å². The largest absolute Gasteiger partial charge is 0.543 e. The highest BCUT2D eigenvalue weighted by Gasteiger charge is 2.11. The average molecular weight is 377 g/mol. The Balaban J connectivity index is 3.34. The molecule has 60 valence electrons. The summed E-state index contributed by atoms with van der Waals surface area (Å²) in [5.74, 6) is -1.19. The molecule has 0 fully saturated rings. The Morgan fingerprint density at radius 1 is 1.64 bits per heavy atom. The summed E-state index contributed by atoms with van der Waals surface area (Å²) in [5.41, 5.74) is 0.134. The number of aryl methyl sites for hydroxylation is 1. The molecule has 0 unspecified atom stereocenters. The minimum Gasteiger partial charge on any atom is -0.543 e. The van der Waals surface area contributed by atoms with Gasteiger partial charge in [0.1, 0.15) is 3.70 Å². The molecule has 11 heavy (non-hydrogen) atoms. The van der Waals surface area contributed by atoms with Crippen molar-refractivity contribution in [1.29, 1.82) is 0 Å². The second-order valence-electron chi connectivity index (χ2n) is 1.86. The van der Waals surface area contributed by atoms with Gasteiger partial charge in [-0.15, -0.1) is 0 Å². The standard InChI is InChI=1S/C5H4I2N2O2/c1-9-3(5(10)11)2(6)4(7)8-9/h1H3,(H,10,11)/p-1. The van der Waals surface area contributed by atoms with Crippen LogP contribution in [0.15, 0.2) is 0 Å². The molecule has 0 saturated heterocycles. The van der Waals surface area contributed by atoms with Crippen LogP contribution in [0.1, 0.15) is 10.5 Å². The fourth-order valence-electron chi connectivity index (χ4n) is 0.687. The molecule has 1 aromatic heterocycles. The maximum absolute atomic E-state index is 10.5. The highest BCUT2D eigenvalue weighted by atomic mass is 127. The van der Waals surface area contributed by atoms with Gasteiger partial charge < -0.3 is 9.90 Å². The second-order valence-corrected chi connectivity index (χ2v) is 3.97. The van der Waals surface area contributed by atoms with Gasteiger partial charge in [-0.25, -0.2) is 0 Å². The van der Waals surface area contributed by atoms with Gasteiger partial charge in [0.15, 0.2) is 0 Å². The van der Waals surface area contributed by atoms with Gasteiger partial charge in [-0.3, -0.25) is 4.68 Å². The lowest BCUT2D eigenvalue weighted by Crippen LogP contribution is -2.26. The molecule has 0 bridgehead atoms. The number of carbonyl (C=O) groups excluding carboxylic acids is 1. The number of halogens is 2. The predicted octanol–water partition coefficient (Wildman–Crippen LogP) is -0.00720. The van der Waals surface area contributed by atoms with Crippen LogP contribution in [-0.2, 0) is 7.05 Å². The number of aromatic nitrogens is 2. The molecule has 6 heteroatoms. The molecule has 1 aromatic rings. The molecular formula is C5H3I2N2O2-. The van der Waals surface area contributed by atoms with E-state index in [2.05, 4.69) is 5.10 Å². The minimum atomic E-state index is -1.19. The van der Waals surface area contributed by atoms with Crippen LogP contribution in [0.25, 0.3) is 0 Å². The molecule has 0 saturated carbocycles. The van der Waals surface area contributed by atoms with Crippen LogP contribution in [0.5, 0.6) is 0 Å². The first-order valence-corrected chi connectivity index (χ1v) is 4.79. The molecule has 0 aliphatic carbocycles. The third-order valence-electron chi connectivity index (χ3n) is 1.14. The number of carboxylic acids is 1. The number of carbonyl (C=O) groups is 1. The average Bonchev–Trinajstić information content (AvgIpc) is 2.07. The van der Waals surface area contributed by atoms with Crippen LogP contribution in [0.4, 0.5) is 0 Å². The van der Waals surface area contributed by atoms with Crippen LogP contribution < -0.4 is 5.11 Å². The van der Waals surface area contributed by atoms with Gasteiger partial charge in [-0.05, 0) is 45.2 Å². The van der Waals surface area contributed by atoms with Crippen molar-refractivity contribution in [2.24, 2.45) is 7.05 Å². The summed E-state index contributed by atoms with van der Waals surface area (Å²) >= 11 is 3.90. The zero-order valence-electron chi connectivity index (χ0n) is 5.47. The third kappa shape index (κ3) is 1.66. The topological polar surface area (TPSA) is 58.0 Å². The molecule has 0 aliphatic rings. The highest BCUT2D eigenvalue weighted by molar-refractivity contribution is 14.1. The van der Waals surface area contributed by atoms with Crippen LogP contribution in [-0.4, -0.2) is 15.7 Å². The number of hydrogen-bond donors (Lipinski definition) is 0. The monoisotopic (exact) mass is 377 g/mol. The van der Waals surface area contributed by atoms with Crippen LogP contribution >= 0.6 is 45.2 Å². The van der Waals surface area contributed by atoms with Crippen molar-refractivity contribution in [2.45, 2.75) is 0 Å². The van der Waals surface area contributed by atoms with Crippen LogP contribution in [0.3, 0.4) is 0 Å². The lowest BCUT2D eigenvalue weighted by Gasteiger charge is -2.01. The van der Waals surface area contributed by atoms with E-state index in [9.17, 15) is 9.90 Å². The summed E-state index contributed by atoms with van der Waals surface area (Å²) in [4.78, 5) is 10.5. The van der Waals surface area contributed by atoms with Gasteiger partial charge >= 0.3 is 0 Å². The van der Waals surface area contributed by atoms with E-state index in [0.29, 0.717) is 7.27 Å². The molecule has 1 rings (SSSR count). The number of carboxylic acid groups (broad SMARTS) is 1. The first kappa shape index (κ1) is 9.23. The second kappa shape index (κ2) is 3.25. The maximum Gasteiger partial charge on any atom is 0.137 e. The van der Waals surface area contributed by atoms with Crippen LogP contribution in [0, 0.1) is 7.27 Å². The van der Waals surface area contributed by atoms with Gasteiger partial charge in [-0.2, -0.15) is 5.10 Å².